The van der Waals surface area contributed by atoms with Gasteiger partial charge in [-0.1, -0.05) is 44.2 Å². The van der Waals surface area contributed by atoms with Gasteiger partial charge in [0.1, 0.15) is 12.6 Å². The third-order valence-corrected chi connectivity index (χ3v) is 3.75. The second-order valence-corrected chi connectivity index (χ2v) is 5.76. The molecule has 1 aromatic carbocycles. The molecule has 0 saturated carbocycles. The molecule has 1 aromatic rings. The quantitative estimate of drug-likeness (QED) is 0.911. The van der Waals surface area contributed by atoms with Crippen LogP contribution in [0.15, 0.2) is 36.5 Å². The summed E-state index contributed by atoms with van der Waals surface area (Å²) in [6.45, 7) is 3.11. The topological polar surface area (TPSA) is 87.2 Å². The molecule has 0 aliphatic carbocycles. The highest BCUT2D eigenvalue weighted by atomic mass is 16.5. The van der Waals surface area contributed by atoms with E-state index in [2.05, 4.69) is 0 Å². The van der Waals surface area contributed by atoms with Crippen LogP contribution in [0.1, 0.15) is 19.4 Å². The van der Waals surface area contributed by atoms with Crippen LogP contribution >= 0.6 is 0 Å². The van der Waals surface area contributed by atoms with Crippen LogP contribution in [0, 0.1) is 5.92 Å². The Hall–Kier alpha value is -2.83. The van der Waals surface area contributed by atoms with Crippen LogP contribution in [0.3, 0.4) is 0 Å². The first-order valence-electron chi connectivity index (χ1n) is 7.53. The lowest BCUT2D eigenvalue weighted by atomic mass is 9.97. The van der Waals surface area contributed by atoms with E-state index in [4.69, 9.17) is 9.84 Å². The summed E-state index contributed by atoms with van der Waals surface area (Å²) in [6.07, 6.45) is 0.821. The van der Waals surface area contributed by atoms with E-state index in [9.17, 15) is 14.4 Å². The van der Waals surface area contributed by atoms with Gasteiger partial charge in [0.05, 0.1) is 12.8 Å². The molecule has 1 heterocycles. The third-order valence-electron chi connectivity index (χ3n) is 3.75. The van der Waals surface area contributed by atoms with Gasteiger partial charge in [0.25, 0.3) is 5.91 Å². The van der Waals surface area contributed by atoms with Gasteiger partial charge in [0, 0.05) is 6.20 Å². The number of methoxy groups -OCH3 is 1. The van der Waals surface area contributed by atoms with Gasteiger partial charge in [-0.15, -0.1) is 0 Å². The highest BCUT2D eigenvalue weighted by Gasteiger charge is 2.41. The molecule has 7 heteroatoms. The largest absolute Gasteiger partial charge is 0.480 e. The SMILES string of the molecule is COC(=O)N1C=C(c2ccccc2)N(CC(=O)O)C(=O)[C@@H]1C(C)C. The predicted octanol–water partition coefficient (Wildman–Crippen LogP) is 2.00. The molecule has 0 bridgehead atoms. The van der Waals surface area contributed by atoms with E-state index >= 15 is 0 Å². The van der Waals surface area contributed by atoms with Crippen molar-refractivity contribution in [2.45, 2.75) is 19.9 Å². The third kappa shape index (κ3) is 3.40. The predicted molar refractivity (Wildman–Crippen MR) is 86.6 cm³/mol. The number of amides is 2. The number of carboxylic acid groups (broad SMARTS) is 1. The van der Waals surface area contributed by atoms with Crippen molar-refractivity contribution in [2.24, 2.45) is 5.92 Å². The Kier molecular flexibility index (Phi) is 5.23. The molecule has 0 aromatic heterocycles. The normalized spacial score (nSPS) is 17.8. The molecule has 24 heavy (non-hydrogen) atoms. The smallest absolute Gasteiger partial charge is 0.414 e. The maximum absolute atomic E-state index is 12.9. The Labute approximate surface area is 140 Å². The average molecular weight is 332 g/mol. The monoisotopic (exact) mass is 332 g/mol. The number of benzene rings is 1. The molecule has 0 radical (unpaired) electrons. The van der Waals surface area contributed by atoms with Gasteiger partial charge in [-0.05, 0) is 11.5 Å². The van der Waals surface area contributed by atoms with E-state index in [1.54, 1.807) is 38.1 Å². The minimum Gasteiger partial charge on any atom is -0.480 e. The molecule has 1 N–H and O–H groups in total. The first-order chi connectivity index (χ1) is 11.4. The van der Waals surface area contributed by atoms with Crippen LogP contribution in [-0.2, 0) is 14.3 Å². The van der Waals surface area contributed by atoms with Crippen molar-refractivity contribution in [1.29, 1.82) is 0 Å². The molecule has 2 rings (SSSR count). The first kappa shape index (κ1) is 17.5. The van der Waals surface area contributed by atoms with Crippen molar-refractivity contribution in [1.82, 2.24) is 9.80 Å². The van der Waals surface area contributed by atoms with Gasteiger partial charge in [-0.3, -0.25) is 19.4 Å². The number of carboxylic acids is 1. The number of hydrogen-bond donors (Lipinski definition) is 1. The molecule has 0 saturated heterocycles. The van der Waals surface area contributed by atoms with E-state index in [0.717, 1.165) is 0 Å². The van der Waals surface area contributed by atoms with Crippen molar-refractivity contribution in [3.63, 3.8) is 0 Å². The lowest BCUT2D eigenvalue weighted by molar-refractivity contribution is -0.144. The van der Waals surface area contributed by atoms with Crippen molar-refractivity contribution in [2.75, 3.05) is 13.7 Å². The van der Waals surface area contributed by atoms with Crippen LogP contribution < -0.4 is 0 Å². The van der Waals surface area contributed by atoms with E-state index < -0.39 is 30.6 Å². The molecule has 0 fully saturated rings. The van der Waals surface area contributed by atoms with Crippen molar-refractivity contribution in [3.05, 3.63) is 42.1 Å². The number of rotatable bonds is 4. The lowest BCUT2D eigenvalue weighted by Crippen LogP contribution is -2.55. The summed E-state index contributed by atoms with van der Waals surface area (Å²) in [5.41, 5.74) is 0.994. The molecule has 0 unspecified atom stereocenters. The summed E-state index contributed by atoms with van der Waals surface area (Å²) < 4.78 is 4.77. The molecule has 0 spiro atoms. The van der Waals surface area contributed by atoms with Gasteiger partial charge < -0.3 is 9.84 Å². The molecule has 128 valence electrons. The van der Waals surface area contributed by atoms with E-state index in [-0.39, 0.29) is 5.92 Å². The number of nitrogens with zero attached hydrogens (tertiary/aromatic N) is 2. The second kappa shape index (κ2) is 7.16. The minimum absolute atomic E-state index is 0.207. The van der Waals surface area contributed by atoms with Gasteiger partial charge in [-0.25, -0.2) is 4.79 Å². The Morgan fingerprint density at radius 1 is 1.25 bits per heavy atom. The number of carbonyl (C=O) groups is 3. The second-order valence-electron chi connectivity index (χ2n) is 5.76. The zero-order valence-electron chi connectivity index (χ0n) is 13.8. The summed E-state index contributed by atoms with van der Waals surface area (Å²) in [7, 11) is 1.24. The summed E-state index contributed by atoms with van der Waals surface area (Å²) in [5, 5.41) is 9.17. The number of ether oxygens (including phenoxy) is 1. The molecule has 2 amide bonds. The summed E-state index contributed by atoms with van der Waals surface area (Å²) >= 11 is 0. The van der Waals surface area contributed by atoms with Gasteiger partial charge >= 0.3 is 12.1 Å². The number of hydrogen-bond acceptors (Lipinski definition) is 4. The fourth-order valence-corrected chi connectivity index (χ4v) is 2.69. The average Bonchev–Trinajstić information content (AvgIpc) is 2.55. The van der Waals surface area contributed by atoms with Crippen LogP contribution in [0.5, 0.6) is 0 Å². The maximum atomic E-state index is 12.9. The van der Waals surface area contributed by atoms with Gasteiger partial charge in [-0.2, -0.15) is 0 Å². The first-order valence-corrected chi connectivity index (χ1v) is 7.53. The molecule has 7 nitrogen and oxygen atoms in total. The zero-order valence-corrected chi connectivity index (χ0v) is 13.8. The standard InChI is InChI=1S/C17H20N2O5/c1-11(2)15-16(22)18(10-14(20)21)13(9-19(15)17(23)24-3)12-7-5-4-6-8-12/h4-9,11,15H,10H2,1-3H3,(H,20,21)/t15-/m0/s1. The van der Waals surface area contributed by atoms with Gasteiger partial charge in [0.2, 0.25) is 0 Å². The summed E-state index contributed by atoms with van der Waals surface area (Å²) in [4.78, 5) is 38.6. The van der Waals surface area contributed by atoms with Crippen LogP contribution in [-0.4, -0.2) is 52.6 Å². The highest BCUT2D eigenvalue weighted by Crippen LogP contribution is 2.30. The molecule has 1 atom stereocenters. The van der Waals surface area contributed by atoms with E-state index in [0.29, 0.717) is 11.3 Å². The Morgan fingerprint density at radius 3 is 2.38 bits per heavy atom. The van der Waals surface area contributed by atoms with Crippen molar-refractivity contribution in [3.8, 4) is 0 Å². The maximum Gasteiger partial charge on any atom is 0.414 e. The van der Waals surface area contributed by atoms with E-state index in [1.807, 2.05) is 6.07 Å². The Morgan fingerprint density at radius 2 is 1.88 bits per heavy atom. The fraction of sp³-hybridized carbons (Fsp3) is 0.353. The molecular formula is C17H20N2O5. The molecule has 1 aliphatic heterocycles. The number of aliphatic carboxylic acids is 1. The Bertz CT molecular complexity index is 669. The van der Waals surface area contributed by atoms with Gasteiger partial charge in [0.15, 0.2) is 0 Å². The zero-order chi connectivity index (χ0) is 17.9. The van der Waals surface area contributed by atoms with Crippen LogP contribution in [0.4, 0.5) is 4.79 Å². The summed E-state index contributed by atoms with van der Waals surface area (Å²) in [6, 6.07) is 8.04. The number of carbonyl (C=O) groups excluding carboxylic acids is 2. The molecular weight excluding hydrogens is 312 g/mol. The fourth-order valence-electron chi connectivity index (χ4n) is 2.69. The highest BCUT2D eigenvalue weighted by molar-refractivity contribution is 5.98. The van der Waals surface area contributed by atoms with Crippen LogP contribution in [0.2, 0.25) is 0 Å². The van der Waals surface area contributed by atoms with Crippen molar-refractivity contribution < 1.29 is 24.2 Å². The molecule has 1 aliphatic rings. The van der Waals surface area contributed by atoms with E-state index in [1.165, 1.54) is 23.1 Å². The summed E-state index contributed by atoms with van der Waals surface area (Å²) in [5.74, 6) is -1.78. The van der Waals surface area contributed by atoms with Crippen molar-refractivity contribution >= 4 is 23.7 Å². The minimum atomic E-state index is -1.13. The Balaban J connectivity index is 2.58. The van der Waals surface area contributed by atoms with Crippen LogP contribution in [0.25, 0.3) is 5.70 Å². The lowest BCUT2D eigenvalue weighted by Gasteiger charge is -2.39.